The summed E-state index contributed by atoms with van der Waals surface area (Å²) in [6.07, 6.45) is 0. The Morgan fingerprint density at radius 1 is 1.36 bits per heavy atom. The van der Waals surface area contributed by atoms with Gasteiger partial charge in [-0.3, -0.25) is 9.48 Å². The first-order chi connectivity index (χ1) is 11.7. The van der Waals surface area contributed by atoms with Crippen molar-refractivity contribution in [1.29, 1.82) is 0 Å². The molecule has 1 aromatic carbocycles. The number of rotatable bonds is 7. The lowest BCUT2D eigenvalue weighted by atomic mass is 10.3. The van der Waals surface area contributed by atoms with E-state index in [1.165, 1.54) is 25.2 Å². The number of nitrogens with one attached hydrogen (secondary N) is 2. The molecule has 0 spiro atoms. The first kappa shape index (κ1) is 19.2. The molecule has 1 amide bonds. The molecular weight excluding hydrogens is 368 g/mol. The zero-order chi connectivity index (χ0) is 18.6. The van der Waals surface area contributed by atoms with Crippen molar-refractivity contribution in [2.24, 2.45) is 7.05 Å². The van der Waals surface area contributed by atoms with Crippen LogP contribution >= 0.6 is 11.6 Å². The Balaban J connectivity index is 2.10. The van der Waals surface area contributed by atoms with Crippen LogP contribution in [0, 0.1) is 6.92 Å². The van der Waals surface area contributed by atoms with Crippen LogP contribution in [0.1, 0.15) is 11.4 Å². The average molecular weight is 387 g/mol. The molecule has 0 saturated heterocycles. The van der Waals surface area contributed by atoms with Gasteiger partial charge >= 0.3 is 0 Å². The van der Waals surface area contributed by atoms with Gasteiger partial charge in [0.15, 0.2) is 6.61 Å². The number of hydrogen-bond donors (Lipinski definition) is 2. The highest BCUT2D eigenvalue weighted by Gasteiger charge is 2.17. The van der Waals surface area contributed by atoms with Crippen molar-refractivity contribution in [3.05, 3.63) is 40.7 Å². The standard InChI is InChI=1S/C15H19ClN4O4S/c1-10-6-11(20(3)19-10)8-18-25(22,23)12-4-5-14(13(16)7-12)24-9-15(21)17-2/h4-7,18H,8-9H2,1-3H3,(H,17,21). The molecule has 0 radical (unpaired) electrons. The number of ether oxygens (including phenoxy) is 1. The second-order valence-electron chi connectivity index (χ2n) is 5.28. The highest BCUT2D eigenvalue weighted by molar-refractivity contribution is 7.89. The van der Waals surface area contributed by atoms with Gasteiger partial charge in [0.2, 0.25) is 10.0 Å². The van der Waals surface area contributed by atoms with Crippen molar-refractivity contribution in [2.45, 2.75) is 18.4 Å². The van der Waals surface area contributed by atoms with Crippen LogP contribution in [-0.2, 0) is 28.4 Å². The molecule has 0 aliphatic rings. The molecule has 25 heavy (non-hydrogen) atoms. The lowest BCUT2D eigenvalue weighted by Crippen LogP contribution is -2.25. The molecule has 10 heteroatoms. The highest BCUT2D eigenvalue weighted by atomic mass is 35.5. The second-order valence-corrected chi connectivity index (χ2v) is 7.45. The van der Waals surface area contributed by atoms with Crippen LogP contribution in [0.5, 0.6) is 5.75 Å². The maximum Gasteiger partial charge on any atom is 0.257 e. The number of aromatic nitrogens is 2. The Morgan fingerprint density at radius 2 is 2.08 bits per heavy atom. The molecule has 0 aliphatic heterocycles. The Kier molecular flexibility index (Phi) is 6.04. The van der Waals surface area contributed by atoms with Crippen molar-refractivity contribution in [1.82, 2.24) is 19.8 Å². The number of sulfonamides is 1. The molecular formula is C15H19ClN4O4S. The molecule has 0 aliphatic carbocycles. The molecule has 8 nitrogen and oxygen atoms in total. The Morgan fingerprint density at radius 3 is 2.64 bits per heavy atom. The molecule has 0 bridgehead atoms. The fourth-order valence-corrected chi connectivity index (χ4v) is 3.39. The summed E-state index contributed by atoms with van der Waals surface area (Å²) in [4.78, 5) is 11.2. The van der Waals surface area contributed by atoms with E-state index in [9.17, 15) is 13.2 Å². The van der Waals surface area contributed by atoms with E-state index in [2.05, 4.69) is 15.1 Å². The van der Waals surface area contributed by atoms with Gasteiger partial charge in [-0.2, -0.15) is 5.10 Å². The van der Waals surface area contributed by atoms with E-state index in [4.69, 9.17) is 16.3 Å². The normalized spacial score (nSPS) is 11.4. The molecule has 1 heterocycles. The van der Waals surface area contributed by atoms with E-state index in [0.717, 1.165) is 11.4 Å². The molecule has 0 atom stereocenters. The Bertz CT molecular complexity index is 880. The quantitative estimate of drug-likeness (QED) is 0.738. The summed E-state index contributed by atoms with van der Waals surface area (Å²) in [6.45, 7) is 1.72. The van der Waals surface area contributed by atoms with Crippen LogP contribution in [0.3, 0.4) is 0 Å². The topological polar surface area (TPSA) is 102 Å². The minimum Gasteiger partial charge on any atom is -0.482 e. The number of hydrogen-bond acceptors (Lipinski definition) is 5. The lowest BCUT2D eigenvalue weighted by Gasteiger charge is -2.10. The van der Waals surface area contributed by atoms with Crippen molar-refractivity contribution in [3.63, 3.8) is 0 Å². The van der Waals surface area contributed by atoms with Crippen molar-refractivity contribution < 1.29 is 17.9 Å². The van der Waals surface area contributed by atoms with E-state index in [1.54, 1.807) is 17.8 Å². The number of benzene rings is 1. The van der Waals surface area contributed by atoms with E-state index >= 15 is 0 Å². The van der Waals surface area contributed by atoms with Gasteiger partial charge in [0, 0.05) is 14.1 Å². The number of halogens is 1. The van der Waals surface area contributed by atoms with Gasteiger partial charge in [-0.05, 0) is 31.2 Å². The minimum atomic E-state index is -3.75. The van der Waals surface area contributed by atoms with Gasteiger partial charge in [0.05, 0.1) is 27.9 Å². The SMILES string of the molecule is CNC(=O)COc1ccc(S(=O)(=O)NCc2cc(C)nn2C)cc1Cl. The van der Waals surface area contributed by atoms with Crippen molar-refractivity contribution >= 4 is 27.5 Å². The highest BCUT2D eigenvalue weighted by Crippen LogP contribution is 2.27. The van der Waals surface area contributed by atoms with Gasteiger partial charge in [-0.25, -0.2) is 13.1 Å². The summed E-state index contributed by atoms with van der Waals surface area (Å²) in [5.74, 6) is -0.0904. The van der Waals surface area contributed by atoms with Crippen LogP contribution < -0.4 is 14.8 Å². The third-order valence-electron chi connectivity index (χ3n) is 3.39. The Hall–Kier alpha value is -2.10. The van der Waals surface area contributed by atoms with Crippen LogP contribution in [0.25, 0.3) is 0 Å². The number of likely N-dealkylation sites (N-methyl/N-ethyl adjacent to an activating group) is 1. The van der Waals surface area contributed by atoms with E-state index in [1.807, 2.05) is 6.92 Å². The molecule has 136 valence electrons. The van der Waals surface area contributed by atoms with Crippen molar-refractivity contribution in [3.8, 4) is 5.75 Å². The lowest BCUT2D eigenvalue weighted by molar-refractivity contribution is -0.122. The van der Waals surface area contributed by atoms with Gasteiger partial charge in [0.25, 0.3) is 5.91 Å². The summed E-state index contributed by atoms with van der Waals surface area (Å²) in [7, 11) is -0.525. The number of nitrogens with zero attached hydrogens (tertiary/aromatic N) is 2. The van der Waals surface area contributed by atoms with E-state index in [-0.39, 0.29) is 34.7 Å². The summed E-state index contributed by atoms with van der Waals surface area (Å²) < 4.78 is 34.1. The smallest absolute Gasteiger partial charge is 0.257 e. The molecule has 2 aromatic rings. The monoisotopic (exact) mass is 386 g/mol. The van der Waals surface area contributed by atoms with Gasteiger partial charge < -0.3 is 10.1 Å². The maximum absolute atomic E-state index is 12.4. The number of carbonyl (C=O) groups excluding carboxylic acids is 1. The largest absolute Gasteiger partial charge is 0.482 e. The molecule has 2 N–H and O–H groups in total. The predicted octanol–water partition coefficient (Wildman–Crippen LogP) is 0.985. The fourth-order valence-electron chi connectivity index (χ4n) is 2.06. The van der Waals surface area contributed by atoms with Crippen LogP contribution in [0.2, 0.25) is 5.02 Å². The molecule has 1 aromatic heterocycles. The molecule has 0 fully saturated rings. The van der Waals surface area contributed by atoms with Crippen LogP contribution in [0.4, 0.5) is 0 Å². The number of aryl methyl sites for hydroxylation is 2. The van der Waals surface area contributed by atoms with Crippen LogP contribution in [0.15, 0.2) is 29.2 Å². The van der Waals surface area contributed by atoms with Gasteiger partial charge in [-0.15, -0.1) is 0 Å². The first-order valence-corrected chi connectivity index (χ1v) is 9.21. The second kappa shape index (κ2) is 7.85. The minimum absolute atomic E-state index is 0.00341. The zero-order valence-corrected chi connectivity index (χ0v) is 15.6. The summed E-state index contributed by atoms with van der Waals surface area (Å²) in [6, 6.07) is 5.85. The third kappa shape index (κ3) is 4.94. The van der Waals surface area contributed by atoms with E-state index in [0.29, 0.717) is 0 Å². The maximum atomic E-state index is 12.4. The number of carbonyl (C=O) groups is 1. The van der Waals surface area contributed by atoms with Crippen LogP contribution in [-0.4, -0.2) is 37.8 Å². The third-order valence-corrected chi connectivity index (χ3v) is 5.09. The fraction of sp³-hybridized carbons (Fsp3) is 0.333. The number of amides is 1. The van der Waals surface area contributed by atoms with Crippen molar-refractivity contribution in [2.75, 3.05) is 13.7 Å². The average Bonchev–Trinajstić information content (AvgIpc) is 2.89. The van der Waals surface area contributed by atoms with Gasteiger partial charge in [0.1, 0.15) is 5.75 Å². The molecule has 0 saturated carbocycles. The molecule has 0 unspecified atom stereocenters. The van der Waals surface area contributed by atoms with Gasteiger partial charge in [-0.1, -0.05) is 11.6 Å². The summed E-state index contributed by atoms with van der Waals surface area (Å²) >= 11 is 6.04. The summed E-state index contributed by atoms with van der Waals surface area (Å²) in [5.41, 5.74) is 1.54. The zero-order valence-electron chi connectivity index (χ0n) is 14.0. The molecule has 2 rings (SSSR count). The van der Waals surface area contributed by atoms with E-state index < -0.39 is 10.0 Å². The first-order valence-electron chi connectivity index (χ1n) is 7.35. The predicted molar refractivity (Wildman–Crippen MR) is 93.0 cm³/mol. The Labute approximate surface area is 151 Å². The summed E-state index contributed by atoms with van der Waals surface area (Å²) in [5, 5.41) is 6.67.